The van der Waals surface area contributed by atoms with E-state index in [-0.39, 0.29) is 4.90 Å². The Bertz CT molecular complexity index is 1700. The molecule has 0 unspecified atom stereocenters. The van der Waals surface area contributed by atoms with Crippen LogP contribution in [0, 0.1) is 0 Å². The Labute approximate surface area is 245 Å². The minimum atomic E-state index is -4.72. The van der Waals surface area contributed by atoms with Crippen molar-refractivity contribution in [1.29, 1.82) is 0 Å². The fourth-order valence-electron chi connectivity index (χ4n) is 2.54. The van der Waals surface area contributed by atoms with Gasteiger partial charge in [0.15, 0.2) is 0 Å². The van der Waals surface area contributed by atoms with Gasteiger partial charge in [-0.15, -0.1) is 0 Å². The second kappa shape index (κ2) is 13.6. The summed E-state index contributed by atoms with van der Waals surface area (Å²) < 4.78 is 174. The molecule has 6 nitrogen and oxygen atoms in total. The third-order valence-corrected chi connectivity index (χ3v) is 8.46. The maximum atomic E-state index is 12.3. The lowest BCUT2D eigenvalue weighted by Gasteiger charge is -2.09. The van der Waals surface area contributed by atoms with Crippen LogP contribution in [0.2, 0.25) is 0 Å². The molecule has 0 aromatic heterocycles. The van der Waals surface area contributed by atoms with E-state index in [2.05, 4.69) is 0 Å². The van der Waals surface area contributed by atoms with E-state index < -0.39 is 72.2 Å². The molecule has 0 amide bonds. The Morgan fingerprint density at radius 3 is 1.26 bits per heavy atom. The Kier molecular flexibility index (Phi) is 12.2. The van der Waals surface area contributed by atoms with Crippen LogP contribution in [0.3, 0.4) is 0 Å². The summed E-state index contributed by atoms with van der Waals surface area (Å²) in [5.41, 5.74) is -3.21. The summed E-state index contributed by atoms with van der Waals surface area (Å²) in [6.07, 6.45) is -13.8. The largest absolute Gasteiger partial charge is 0.417 e. The molecular formula is C21H12Cl3F9O6S3. The van der Waals surface area contributed by atoms with Crippen molar-refractivity contribution in [3.8, 4) is 0 Å². The van der Waals surface area contributed by atoms with E-state index in [4.69, 9.17) is 32.0 Å². The van der Waals surface area contributed by atoms with Crippen LogP contribution in [0.5, 0.6) is 0 Å². The van der Waals surface area contributed by atoms with Gasteiger partial charge in [0.25, 0.3) is 27.2 Å². The van der Waals surface area contributed by atoms with Crippen molar-refractivity contribution in [2.45, 2.75) is 33.2 Å². The fraction of sp³-hybridized carbons (Fsp3) is 0.143. The average molecular weight is 734 g/mol. The van der Waals surface area contributed by atoms with Crippen molar-refractivity contribution in [1.82, 2.24) is 0 Å². The summed E-state index contributed by atoms with van der Waals surface area (Å²) in [4.78, 5) is -1.84. The molecule has 42 heavy (non-hydrogen) atoms. The summed E-state index contributed by atoms with van der Waals surface area (Å²) in [5, 5.41) is 0. The van der Waals surface area contributed by atoms with E-state index in [1.54, 1.807) is 0 Å². The van der Waals surface area contributed by atoms with E-state index in [0.29, 0.717) is 24.3 Å². The van der Waals surface area contributed by atoms with Crippen LogP contribution < -0.4 is 0 Å². The van der Waals surface area contributed by atoms with Crippen molar-refractivity contribution >= 4 is 59.2 Å². The molecule has 234 valence electrons. The molecule has 0 bridgehead atoms. The highest BCUT2D eigenvalue weighted by Crippen LogP contribution is 2.35. The zero-order chi connectivity index (χ0) is 32.9. The van der Waals surface area contributed by atoms with Crippen molar-refractivity contribution in [3.63, 3.8) is 0 Å². The SMILES string of the molecule is O=S(=O)(Cl)c1ccc(C(F)(F)F)cc1.O=S(=O)(Cl)c1cccc(C(F)(F)F)c1.O=S(=O)(Cl)c1ccccc1C(F)(F)F. The van der Waals surface area contributed by atoms with E-state index in [1.807, 2.05) is 0 Å². The maximum Gasteiger partial charge on any atom is 0.417 e. The van der Waals surface area contributed by atoms with Gasteiger partial charge in [0.05, 0.1) is 31.4 Å². The molecule has 0 N–H and O–H groups in total. The van der Waals surface area contributed by atoms with Crippen LogP contribution in [0.4, 0.5) is 39.5 Å². The predicted octanol–water partition coefficient (Wildman–Crippen LogP) is 7.90. The van der Waals surface area contributed by atoms with E-state index in [1.165, 1.54) is 6.07 Å². The lowest BCUT2D eigenvalue weighted by Crippen LogP contribution is -2.10. The molecule has 0 radical (unpaired) electrons. The molecule has 0 aliphatic carbocycles. The fourth-order valence-corrected chi connectivity index (χ4v) is 5.20. The highest BCUT2D eigenvalue weighted by atomic mass is 35.7. The van der Waals surface area contributed by atoms with Gasteiger partial charge in [0, 0.05) is 32.0 Å². The quantitative estimate of drug-likeness (QED) is 0.200. The summed E-state index contributed by atoms with van der Waals surface area (Å²) >= 11 is 0. The topological polar surface area (TPSA) is 102 Å². The smallest absolute Gasteiger partial charge is 0.207 e. The Morgan fingerprint density at radius 2 is 0.905 bits per heavy atom. The first-order valence-corrected chi connectivity index (χ1v) is 16.9. The number of halogens is 12. The van der Waals surface area contributed by atoms with Crippen LogP contribution >= 0.6 is 32.0 Å². The summed E-state index contributed by atoms with van der Waals surface area (Å²) in [6, 6.07) is 9.92. The van der Waals surface area contributed by atoms with Crippen molar-refractivity contribution in [3.05, 3.63) is 89.5 Å². The van der Waals surface area contributed by atoms with Crippen LogP contribution in [-0.4, -0.2) is 25.3 Å². The van der Waals surface area contributed by atoms with Crippen LogP contribution in [0.25, 0.3) is 0 Å². The Balaban J connectivity index is 0.000000315. The van der Waals surface area contributed by atoms with Gasteiger partial charge in [-0.1, -0.05) is 18.2 Å². The summed E-state index contributed by atoms with van der Waals surface area (Å²) in [5.74, 6) is 0. The number of alkyl halides is 9. The van der Waals surface area contributed by atoms with E-state index in [9.17, 15) is 64.8 Å². The number of hydrogen-bond donors (Lipinski definition) is 0. The lowest BCUT2D eigenvalue weighted by molar-refractivity contribution is -0.140. The Morgan fingerprint density at radius 1 is 0.452 bits per heavy atom. The Hall–Kier alpha value is -2.25. The highest BCUT2D eigenvalue weighted by molar-refractivity contribution is 8.14. The molecule has 0 heterocycles. The molecule has 0 aliphatic rings. The minimum absolute atomic E-state index is 0.354. The minimum Gasteiger partial charge on any atom is -0.207 e. The van der Waals surface area contributed by atoms with Crippen LogP contribution in [0.15, 0.2) is 87.5 Å². The second-order valence-corrected chi connectivity index (χ2v) is 15.0. The first-order chi connectivity index (χ1) is 18.6. The number of hydrogen-bond acceptors (Lipinski definition) is 6. The second-order valence-electron chi connectivity index (χ2n) is 7.36. The van der Waals surface area contributed by atoms with Gasteiger partial charge >= 0.3 is 18.5 Å². The predicted molar refractivity (Wildman–Crippen MR) is 133 cm³/mol. The maximum absolute atomic E-state index is 12.3. The zero-order valence-electron chi connectivity index (χ0n) is 19.6. The zero-order valence-corrected chi connectivity index (χ0v) is 24.4. The van der Waals surface area contributed by atoms with E-state index >= 15 is 0 Å². The van der Waals surface area contributed by atoms with Crippen molar-refractivity contribution in [2.24, 2.45) is 0 Å². The molecule has 0 fully saturated rings. The van der Waals surface area contributed by atoms with Gasteiger partial charge in [-0.2, -0.15) is 39.5 Å². The first-order valence-electron chi connectivity index (χ1n) is 10.00. The lowest BCUT2D eigenvalue weighted by atomic mass is 10.2. The molecule has 0 spiro atoms. The van der Waals surface area contributed by atoms with E-state index in [0.717, 1.165) is 42.5 Å². The molecule has 3 aromatic carbocycles. The molecule has 0 atom stereocenters. The number of benzene rings is 3. The molecule has 3 rings (SSSR count). The summed E-state index contributed by atoms with van der Waals surface area (Å²) in [6.45, 7) is 0. The molecule has 0 saturated carbocycles. The monoisotopic (exact) mass is 732 g/mol. The van der Waals surface area contributed by atoms with Gasteiger partial charge in [0.1, 0.15) is 0 Å². The third-order valence-electron chi connectivity index (χ3n) is 4.36. The van der Waals surface area contributed by atoms with Gasteiger partial charge in [-0.3, -0.25) is 0 Å². The molecular weight excluding hydrogens is 722 g/mol. The van der Waals surface area contributed by atoms with Gasteiger partial charge in [0.2, 0.25) is 0 Å². The first kappa shape index (κ1) is 37.8. The van der Waals surface area contributed by atoms with Crippen LogP contribution in [0.1, 0.15) is 16.7 Å². The van der Waals surface area contributed by atoms with Crippen molar-refractivity contribution in [2.75, 3.05) is 0 Å². The highest BCUT2D eigenvalue weighted by Gasteiger charge is 2.36. The molecule has 3 aromatic rings. The molecule has 0 saturated heterocycles. The molecule has 21 heteroatoms. The van der Waals surface area contributed by atoms with Gasteiger partial charge < -0.3 is 0 Å². The average Bonchev–Trinajstić information content (AvgIpc) is 2.82. The van der Waals surface area contributed by atoms with Gasteiger partial charge in [-0.25, -0.2) is 25.3 Å². The van der Waals surface area contributed by atoms with Gasteiger partial charge in [-0.05, 0) is 54.6 Å². The molecule has 0 aliphatic heterocycles. The third kappa shape index (κ3) is 12.2. The summed E-state index contributed by atoms with van der Waals surface area (Å²) in [7, 11) is 2.21. The standard InChI is InChI=1S/3C7H4ClF3O2S/c8-14(12,13)6-3-1-5(2-4-6)7(9,10)11;8-14(12,13)6-3-1-2-5(4-6)7(9,10)11;8-14(12,13)6-4-2-1-3-5(6)7(9,10)11/h3*1-4H. The number of rotatable bonds is 3. The normalized spacial score (nSPS) is 12.9. The van der Waals surface area contributed by atoms with Crippen molar-refractivity contribution < 1.29 is 64.8 Å². The van der Waals surface area contributed by atoms with Crippen LogP contribution in [-0.2, 0) is 45.7 Å².